The Labute approximate surface area is 170 Å². The maximum absolute atomic E-state index is 14.1. The normalized spacial score (nSPS) is 11.3. The maximum Gasteiger partial charge on any atom is 0.199 e. The van der Waals surface area contributed by atoms with Crippen molar-refractivity contribution < 1.29 is 17.6 Å². The van der Waals surface area contributed by atoms with E-state index in [9.17, 15) is 22.8 Å². The van der Waals surface area contributed by atoms with Crippen LogP contribution in [0.25, 0.3) is 10.9 Å². The Morgan fingerprint density at radius 3 is 2.63 bits per heavy atom. The molecule has 4 rings (SSSR count). The van der Waals surface area contributed by atoms with Gasteiger partial charge in [0.25, 0.3) is 0 Å². The maximum atomic E-state index is 14.1. The highest BCUT2D eigenvalue weighted by Crippen LogP contribution is 2.30. The van der Waals surface area contributed by atoms with Crippen LogP contribution in [0.15, 0.2) is 35.5 Å². The summed E-state index contributed by atoms with van der Waals surface area (Å²) in [5.41, 5.74) is 0.0204. The summed E-state index contributed by atoms with van der Waals surface area (Å²) in [7, 11) is 0. The van der Waals surface area contributed by atoms with Gasteiger partial charge in [0.1, 0.15) is 11.6 Å². The topological polar surface area (TPSA) is 92.7 Å². The van der Waals surface area contributed by atoms with Crippen LogP contribution in [0.5, 0.6) is 0 Å². The Bertz CT molecular complexity index is 1350. The first-order valence-electron chi connectivity index (χ1n) is 8.28. The largest absolute Gasteiger partial charge is 0.358 e. The summed E-state index contributed by atoms with van der Waals surface area (Å²) in [6.07, 6.45) is 2.20. The monoisotopic (exact) mass is 432 g/mol. The highest BCUT2D eigenvalue weighted by molar-refractivity contribution is 6.30. The van der Waals surface area contributed by atoms with E-state index in [1.807, 2.05) is 6.07 Å². The van der Waals surface area contributed by atoms with Crippen LogP contribution in [-0.4, -0.2) is 21.4 Å². The second-order valence-electron chi connectivity index (χ2n) is 6.05. The number of hydrogen-bond donors (Lipinski definition) is 3. The smallest absolute Gasteiger partial charge is 0.199 e. The highest BCUT2D eigenvalue weighted by atomic mass is 35.5. The molecule has 0 amide bonds. The number of rotatable bonds is 4. The van der Waals surface area contributed by atoms with Crippen molar-refractivity contribution in [3.63, 3.8) is 0 Å². The minimum Gasteiger partial charge on any atom is -0.358 e. The third-order valence-corrected chi connectivity index (χ3v) is 4.44. The molecule has 0 saturated heterocycles. The summed E-state index contributed by atoms with van der Waals surface area (Å²) in [4.78, 5) is 6.36. The molecular weight excluding hydrogens is 424 g/mol. The predicted octanol–water partition coefficient (Wildman–Crippen LogP) is 5.47. The zero-order chi connectivity index (χ0) is 21.4. The van der Waals surface area contributed by atoms with E-state index in [1.165, 1.54) is 0 Å². The van der Waals surface area contributed by atoms with Crippen molar-refractivity contribution in [2.45, 2.75) is 0 Å². The lowest BCUT2D eigenvalue weighted by Gasteiger charge is -2.03. The summed E-state index contributed by atoms with van der Waals surface area (Å²) in [5, 5.41) is 18.8. The van der Waals surface area contributed by atoms with E-state index in [4.69, 9.17) is 11.6 Å². The summed E-state index contributed by atoms with van der Waals surface area (Å²) in [6.45, 7) is 0. The molecule has 150 valence electrons. The SMILES string of the molecule is N#Cc1c(Nc2cccc(Cl)c2)n[nH]c1/N=C/c1c[nH]c2c(F)c(F)c(F)c(F)c12. The molecule has 0 saturated carbocycles. The van der Waals surface area contributed by atoms with E-state index >= 15 is 0 Å². The standard InChI is InChI=1S/C19H9ClF4N6/c20-9-2-1-3-10(4-9)28-19-11(5-25)18(29-30-19)27-7-8-6-26-17-12(8)13(21)14(22)15(23)16(17)24/h1-4,6-7,26H,(H2,28,29,30)/b27-7+. The first-order valence-corrected chi connectivity index (χ1v) is 8.66. The molecular formula is C19H9ClF4N6. The van der Waals surface area contributed by atoms with Gasteiger partial charge in [0, 0.05) is 28.7 Å². The first-order chi connectivity index (χ1) is 14.4. The number of aromatic nitrogens is 3. The van der Waals surface area contributed by atoms with E-state index in [1.54, 1.807) is 24.3 Å². The van der Waals surface area contributed by atoms with Crippen molar-refractivity contribution in [2.75, 3.05) is 5.32 Å². The molecule has 4 aromatic rings. The number of hydrogen-bond acceptors (Lipinski definition) is 4. The fourth-order valence-corrected chi connectivity index (χ4v) is 3.01. The van der Waals surface area contributed by atoms with Crippen LogP contribution >= 0.6 is 11.6 Å². The van der Waals surface area contributed by atoms with Gasteiger partial charge in [0.15, 0.2) is 34.9 Å². The third-order valence-electron chi connectivity index (χ3n) is 4.21. The van der Waals surface area contributed by atoms with E-state index < -0.39 is 34.2 Å². The van der Waals surface area contributed by atoms with Crippen LogP contribution in [-0.2, 0) is 0 Å². The molecule has 0 radical (unpaired) electrons. The zero-order valence-corrected chi connectivity index (χ0v) is 15.5. The van der Waals surface area contributed by atoms with Gasteiger partial charge in [-0.25, -0.2) is 22.6 Å². The molecule has 0 atom stereocenters. The number of H-pyrrole nitrogens is 2. The molecule has 0 spiro atoms. The number of nitrogens with one attached hydrogen (secondary N) is 3. The van der Waals surface area contributed by atoms with E-state index in [2.05, 4.69) is 25.5 Å². The van der Waals surface area contributed by atoms with Gasteiger partial charge >= 0.3 is 0 Å². The molecule has 0 bridgehead atoms. The first kappa shape index (κ1) is 19.5. The van der Waals surface area contributed by atoms with Crippen molar-refractivity contribution in [2.24, 2.45) is 4.99 Å². The van der Waals surface area contributed by atoms with Crippen molar-refractivity contribution in [1.29, 1.82) is 5.26 Å². The second kappa shape index (κ2) is 7.53. The van der Waals surface area contributed by atoms with Crippen molar-refractivity contribution >= 4 is 46.0 Å². The fourth-order valence-electron chi connectivity index (χ4n) is 2.82. The van der Waals surface area contributed by atoms with Gasteiger partial charge in [-0.2, -0.15) is 10.4 Å². The minimum atomic E-state index is -1.93. The summed E-state index contributed by atoms with van der Waals surface area (Å²) < 4.78 is 54.9. The number of nitriles is 1. The van der Waals surface area contributed by atoms with Crippen LogP contribution in [0.1, 0.15) is 11.1 Å². The lowest BCUT2D eigenvalue weighted by atomic mass is 10.1. The van der Waals surface area contributed by atoms with E-state index in [-0.39, 0.29) is 22.8 Å². The molecule has 2 aromatic carbocycles. The van der Waals surface area contributed by atoms with Crippen LogP contribution in [0, 0.1) is 34.6 Å². The van der Waals surface area contributed by atoms with E-state index in [0.717, 1.165) is 12.4 Å². The molecule has 2 heterocycles. The number of benzene rings is 2. The predicted molar refractivity (Wildman–Crippen MR) is 103 cm³/mol. The Kier molecular flexibility index (Phi) is 4.89. The molecule has 0 fully saturated rings. The van der Waals surface area contributed by atoms with Crippen molar-refractivity contribution in [3.8, 4) is 6.07 Å². The summed E-state index contributed by atoms with van der Waals surface area (Å²) in [5.74, 6) is -6.77. The highest BCUT2D eigenvalue weighted by Gasteiger charge is 2.23. The Morgan fingerprint density at radius 1 is 1.13 bits per heavy atom. The average molecular weight is 433 g/mol. The summed E-state index contributed by atoms with van der Waals surface area (Å²) >= 11 is 5.92. The van der Waals surface area contributed by atoms with Crippen molar-refractivity contribution in [1.82, 2.24) is 15.2 Å². The molecule has 2 aromatic heterocycles. The zero-order valence-electron chi connectivity index (χ0n) is 14.7. The van der Waals surface area contributed by atoms with Gasteiger partial charge in [0.05, 0.1) is 10.9 Å². The van der Waals surface area contributed by atoms with Gasteiger partial charge < -0.3 is 10.3 Å². The Hall–Kier alpha value is -3.84. The second-order valence-corrected chi connectivity index (χ2v) is 6.49. The minimum absolute atomic E-state index is 0.0137. The molecule has 0 aliphatic heterocycles. The molecule has 6 nitrogen and oxygen atoms in total. The fraction of sp³-hybridized carbons (Fsp3) is 0. The molecule has 30 heavy (non-hydrogen) atoms. The van der Waals surface area contributed by atoms with Gasteiger partial charge in [-0.3, -0.25) is 5.10 Å². The number of anilines is 2. The number of nitrogens with zero attached hydrogens (tertiary/aromatic N) is 3. The van der Waals surface area contributed by atoms with Crippen LogP contribution in [0.4, 0.5) is 34.9 Å². The Morgan fingerprint density at radius 2 is 1.90 bits per heavy atom. The summed E-state index contributed by atoms with van der Waals surface area (Å²) in [6, 6.07) is 8.64. The molecule has 0 unspecified atom stereocenters. The quantitative estimate of drug-likeness (QED) is 0.173. The molecule has 0 aliphatic carbocycles. The van der Waals surface area contributed by atoms with Gasteiger partial charge in [-0.05, 0) is 18.2 Å². The molecule has 0 aliphatic rings. The van der Waals surface area contributed by atoms with Gasteiger partial charge in [-0.15, -0.1) is 0 Å². The van der Waals surface area contributed by atoms with Crippen molar-refractivity contribution in [3.05, 3.63) is 69.9 Å². The third kappa shape index (κ3) is 3.25. The Balaban J connectivity index is 1.70. The number of aliphatic imine (C=N–C) groups is 1. The van der Waals surface area contributed by atoms with E-state index in [0.29, 0.717) is 10.7 Å². The number of halogens is 5. The van der Waals surface area contributed by atoms with Crippen LogP contribution in [0.2, 0.25) is 5.02 Å². The van der Waals surface area contributed by atoms with Crippen LogP contribution in [0.3, 0.4) is 0 Å². The van der Waals surface area contributed by atoms with Gasteiger partial charge in [0.2, 0.25) is 0 Å². The van der Waals surface area contributed by atoms with Gasteiger partial charge in [-0.1, -0.05) is 17.7 Å². The number of aromatic amines is 2. The van der Waals surface area contributed by atoms with Crippen LogP contribution < -0.4 is 5.32 Å². The lowest BCUT2D eigenvalue weighted by Crippen LogP contribution is -1.98. The average Bonchev–Trinajstić information content (AvgIpc) is 3.33. The molecule has 3 N–H and O–H groups in total. The lowest BCUT2D eigenvalue weighted by molar-refractivity contribution is 0.417. The molecule has 11 heteroatoms. The number of fused-ring (bicyclic) bond motifs is 1.